The Balaban J connectivity index is 3.20. The largest absolute Gasteiger partial charge is 0.496 e. The summed E-state index contributed by atoms with van der Waals surface area (Å²) in [5.41, 5.74) is 0.419. The highest BCUT2D eigenvalue weighted by molar-refractivity contribution is 6.31. The number of methoxy groups -OCH3 is 1. The molecule has 0 aliphatic rings. The van der Waals surface area contributed by atoms with Gasteiger partial charge in [-0.05, 0) is 18.2 Å². The number of carboxylic acids is 1. The predicted molar refractivity (Wildman–Crippen MR) is 54.7 cm³/mol. The lowest BCUT2D eigenvalue weighted by Gasteiger charge is -2.07. The average molecular weight is 213 g/mol. The molecular weight excluding hydrogens is 204 g/mol. The van der Waals surface area contributed by atoms with Gasteiger partial charge in [-0.3, -0.25) is 0 Å². The Hall–Kier alpha value is -1.48. The van der Waals surface area contributed by atoms with Crippen molar-refractivity contribution >= 4 is 23.1 Å². The monoisotopic (exact) mass is 212 g/mol. The van der Waals surface area contributed by atoms with Crippen molar-refractivity contribution in [1.29, 1.82) is 0 Å². The van der Waals surface area contributed by atoms with Crippen LogP contribution in [0.5, 0.6) is 5.75 Å². The molecule has 3 nitrogen and oxygen atoms in total. The van der Waals surface area contributed by atoms with Crippen LogP contribution in [0.4, 0.5) is 0 Å². The summed E-state index contributed by atoms with van der Waals surface area (Å²) >= 11 is 5.72. The molecule has 14 heavy (non-hydrogen) atoms. The van der Waals surface area contributed by atoms with Gasteiger partial charge >= 0.3 is 5.97 Å². The summed E-state index contributed by atoms with van der Waals surface area (Å²) in [7, 11) is 1.45. The quantitative estimate of drug-likeness (QED) is 0.783. The molecule has 1 aromatic rings. The van der Waals surface area contributed by atoms with E-state index < -0.39 is 5.97 Å². The number of hydrogen-bond acceptors (Lipinski definition) is 2. The van der Waals surface area contributed by atoms with Crippen molar-refractivity contribution in [1.82, 2.24) is 0 Å². The number of aliphatic carboxylic acids is 1. The zero-order valence-electron chi connectivity index (χ0n) is 7.58. The lowest BCUT2D eigenvalue weighted by atomic mass is 10.1. The maximum Gasteiger partial charge on any atom is 0.335 e. The molecule has 0 amide bonds. The van der Waals surface area contributed by atoms with E-state index in [4.69, 9.17) is 21.4 Å². The molecule has 1 rings (SSSR count). The van der Waals surface area contributed by atoms with Gasteiger partial charge in [-0.15, -0.1) is 0 Å². The third-order valence-corrected chi connectivity index (χ3v) is 1.98. The first-order valence-corrected chi connectivity index (χ1v) is 4.20. The van der Waals surface area contributed by atoms with Crippen LogP contribution in [0, 0.1) is 0 Å². The standard InChI is InChI=1S/C10H9ClO3/c1-6(10(12)13)8-4-3-7(11)5-9(8)14-2/h3-5H,1H2,2H3,(H,12,13). The molecule has 0 aromatic heterocycles. The zero-order valence-corrected chi connectivity index (χ0v) is 8.34. The zero-order chi connectivity index (χ0) is 10.7. The van der Waals surface area contributed by atoms with Crippen molar-refractivity contribution in [2.75, 3.05) is 7.11 Å². The maximum absolute atomic E-state index is 10.7. The lowest BCUT2D eigenvalue weighted by molar-refractivity contribution is -0.130. The Morgan fingerprint density at radius 2 is 2.21 bits per heavy atom. The first kappa shape index (κ1) is 10.6. The number of carboxylic acid groups (broad SMARTS) is 1. The second kappa shape index (κ2) is 4.15. The lowest BCUT2D eigenvalue weighted by Crippen LogP contribution is -2.00. The van der Waals surface area contributed by atoms with Gasteiger partial charge in [0.05, 0.1) is 12.7 Å². The highest BCUT2D eigenvalue weighted by Gasteiger charge is 2.12. The Labute approximate surface area is 86.6 Å². The molecule has 74 valence electrons. The number of carbonyl (C=O) groups is 1. The summed E-state index contributed by atoms with van der Waals surface area (Å²) < 4.78 is 4.99. The van der Waals surface area contributed by atoms with Crippen LogP contribution < -0.4 is 4.74 Å². The fourth-order valence-electron chi connectivity index (χ4n) is 1.03. The molecular formula is C10H9ClO3. The van der Waals surface area contributed by atoms with E-state index in [9.17, 15) is 4.79 Å². The average Bonchev–Trinajstić information content (AvgIpc) is 2.16. The van der Waals surface area contributed by atoms with Crippen LogP contribution in [-0.4, -0.2) is 18.2 Å². The fraction of sp³-hybridized carbons (Fsp3) is 0.100. The smallest absolute Gasteiger partial charge is 0.335 e. The summed E-state index contributed by atoms with van der Waals surface area (Å²) in [6, 6.07) is 4.70. The van der Waals surface area contributed by atoms with Crippen molar-refractivity contribution in [2.24, 2.45) is 0 Å². The van der Waals surface area contributed by atoms with Crippen LogP contribution in [0.25, 0.3) is 5.57 Å². The van der Waals surface area contributed by atoms with Gasteiger partial charge in [0.25, 0.3) is 0 Å². The van der Waals surface area contributed by atoms with Crippen molar-refractivity contribution in [2.45, 2.75) is 0 Å². The minimum absolute atomic E-state index is 0.0153. The van der Waals surface area contributed by atoms with Crippen LogP contribution >= 0.6 is 11.6 Å². The number of halogens is 1. The minimum Gasteiger partial charge on any atom is -0.496 e. The topological polar surface area (TPSA) is 46.5 Å². The second-order valence-corrected chi connectivity index (χ2v) is 3.06. The minimum atomic E-state index is -1.08. The van der Waals surface area contributed by atoms with E-state index in [2.05, 4.69) is 6.58 Å². The number of hydrogen-bond donors (Lipinski definition) is 1. The van der Waals surface area contributed by atoms with Crippen LogP contribution in [0.15, 0.2) is 24.8 Å². The second-order valence-electron chi connectivity index (χ2n) is 2.63. The summed E-state index contributed by atoms with van der Waals surface area (Å²) in [5, 5.41) is 9.23. The van der Waals surface area contributed by atoms with Gasteiger partial charge in [-0.2, -0.15) is 0 Å². The SMILES string of the molecule is C=C(C(=O)O)c1ccc(Cl)cc1OC. The van der Waals surface area contributed by atoms with E-state index >= 15 is 0 Å². The summed E-state index contributed by atoms with van der Waals surface area (Å²) in [6.07, 6.45) is 0. The van der Waals surface area contributed by atoms with Gasteiger partial charge in [-0.25, -0.2) is 4.79 Å². The first-order valence-electron chi connectivity index (χ1n) is 3.82. The van der Waals surface area contributed by atoms with E-state index in [1.165, 1.54) is 7.11 Å². The van der Waals surface area contributed by atoms with Gasteiger partial charge in [0.15, 0.2) is 0 Å². The first-order chi connectivity index (χ1) is 6.56. The van der Waals surface area contributed by atoms with Gasteiger partial charge < -0.3 is 9.84 Å². The molecule has 0 saturated heterocycles. The normalized spacial score (nSPS) is 9.57. The Kier molecular flexibility index (Phi) is 3.14. The predicted octanol–water partition coefficient (Wildman–Crippen LogP) is 2.45. The third-order valence-electron chi connectivity index (χ3n) is 1.75. The molecule has 1 aromatic carbocycles. The molecule has 0 heterocycles. The van der Waals surface area contributed by atoms with E-state index in [1.807, 2.05) is 0 Å². The number of benzene rings is 1. The molecule has 0 atom stereocenters. The highest BCUT2D eigenvalue weighted by Crippen LogP contribution is 2.28. The maximum atomic E-state index is 10.7. The van der Waals surface area contributed by atoms with Gasteiger partial charge in [0.1, 0.15) is 5.75 Å². The molecule has 4 heteroatoms. The molecule has 0 unspecified atom stereocenters. The molecule has 0 aliphatic heterocycles. The van der Waals surface area contributed by atoms with Crippen LogP contribution in [0.3, 0.4) is 0 Å². The summed E-state index contributed by atoms with van der Waals surface area (Å²) in [5.74, 6) is -0.671. The van der Waals surface area contributed by atoms with Crippen molar-refractivity contribution in [3.63, 3.8) is 0 Å². The number of ether oxygens (including phenoxy) is 1. The van der Waals surface area contributed by atoms with Crippen molar-refractivity contribution < 1.29 is 14.6 Å². The van der Waals surface area contributed by atoms with Crippen LogP contribution in [-0.2, 0) is 4.79 Å². The molecule has 0 fully saturated rings. The van der Waals surface area contributed by atoms with Gasteiger partial charge in [0.2, 0.25) is 0 Å². The van der Waals surface area contributed by atoms with E-state index in [-0.39, 0.29) is 5.57 Å². The van der Waals surface area contributed by atoms with Crippen molar-refractivity contribution in [3.8, 4) is 5.75 Å². The van der Waals surface area contributed by atoms with E-state index in [0.29, 0.717) is 16.3 Å². The van der Waals surface area contributed by atoms with Crippen molar-refractivity contribution in [3.05, 3.63) is 35.4 Å². The molecule has 1 N–H and O–H groups in total. The van der Waals surface area contributed by atoms with Crippen LogP contribution in [0.2, 0.25) is 5.02 Å². The fourth-order valence-corrected chi connectivity index (χ4v) is 1.19. The molecule has 0 radical (unpaired) electrons. The van der Waals surface area contributed by atoms with Gasteiger partial charge in [-0.1, -0.05) is 18.2 Å². The summed E-state index contributed by atoms with van der Waals surface area (Å²) in [4.78, 5) is 10.7. The summed E-state index contributed by atoms with van der Waals surface area (Å²) in [6.45, 7) is 3.44. The molecule has 0 saturated carbocycles. The molecule has 0 bridgehead atoms. The Bertz CT molecular complexity index is 385. The van der Waals surface area contributed by atoms with Gasteiger partial charge in [0, 0.05) is 10.6 Å². The van der Waals surface area contributed by atoms with E-state index in [0.717, 1.165) is 0 Å². The number of rotatable bonds is 3. The molecule has 0 aliphatic carbocycles. The Morgan fingerprint density at radius 1 is 1.57 bits per heavy atom. The highest BCUT2D eigenvalue weighted by atomic mass is 35.5. The Morgan fingerprint density at radius 3 is 2.71 bits per heavy atom. The van der Waals surface area contributed by atoms with Crippen LogP contribution in [0.1, 0.15) is 5.56 Å². The third kappa shape index (κ3) is 2.06. The molecule has 0 spiro atoms. The van der Waals surface area contributed by atoms with E-state index in [1.54, 1.807) is 18.2 Å².